The lowest BCUT2D eigenvalue weighted by molar-refractivity contribution is 0.0681. The number of aromatic hydroxyl groups is 1. The third-order valence-electron chi connectivity index (χ3n) is 3.54. The molecular formula is C15H16N2O6S. The Labute approximate surface area is 140 Å². The second-order valence-corrected chi connectivity index (χ2v) is 6.07. The summed E-state index contributed by atoms with van der Waals surface area (Å²) in [5, 5.41) is 18.8. The minimum atomic E-state index is -2.39. The van der Waals surface area contributed by atoms with Crippen LogP contribution >= 0.6 is 0 Å². The largest absolute Gasteiger partial charge is 0.502 e. The molecule has 0 saturated heterocycles. The van der Waals surface area contributed by atoms with Crippen molar-refractivity contribution in [2.24, 2.45) is 7.05 Å². The van der Waals surface area contributed by atoms with Crippen LogP contribution in [-0.2, 0) is 24.9 Å². The number of hydrogen-bond acceptors (Lipinski definition) is 4. The fourth-order valence-electron chi connectivity index (χ4n) is 2.23. The number of carboxylic acids is 1. The molecule has 0 fully saturated rings. The second-order valence-electron chi connectivity index (χ2n) is 5.16. The number of carboxylic acid groups (broad SMARTS) is 1. The van der Waals surface area contributed by atoms with Crippen molar-refractivity contribution < 1.29 is 23.8 Å². The molecular weight excluding hydrogens is 336 g/mol. The van der Waals surface area contributed by atoms with Gasteiger partial charge in [0.15, 0.2) is 11.4 Å². The molecule has 2 rings (SSSR count). The molecule has 1 aromatic heterocycles. The molecule has 24 heavy (non-hydrogen) atoms. The summed E-state index contributed by atoms with van der Waals surface area (Å²) in [6.45, 7) is 1.67. The highest BCUT2D eigenvalue weighted by Gasteiger charge is 2.21. The van der Waals surface area contributed by atoms with E-state index in [1.54, 1.807) is 24.3 Å². The first-order valence-corrected chi connectivity index (χ1v) is 7.89. The Kier molecular flexibility index (Phi) is 5.05. The number of rotatable bonds is 5. The topological polar surface area (TPSA) is 120 Å². The standard InChI is InChI=1S/C15H16N2O6S/c1-9-3-5-10(6-4-9)17(24(22)23)8-11-7-12(18)14(19)13(15(20)21)16(11)2/h3-7,19H,8H2,1-2H3,(H,20,21)(H,22,23). The van der Waals surface area contributed by atoms with E-state index in [1.165, 1.54) is 7.05 Å². The van der Waals surface area contributed by atoms with Gasteiger partial charge in [-0.1, -0.05) is 17.7 Å². The number of aromatic nitrogens is 1. The number of anilines is 1. The van der Waals surface area contributed by atoms with Crippen LogP contribution in [0.25, 0.3) is 0 Å². The van der Waals surface area contributed by atoms with E-state index in [1.807, 2.05) is 6.92 Å². The second kappa shape index (κ2) is 6.85. The first-order chi connectivity index (χ1) is 11.2. The van der Waals surface area contributed by atoms with Crippen molar-refractivity contribution >= 4 is 22.9 Å². The fourth-order valence-corrected chi connectivity index (χ4v) is 2.77. The van der Waals surface area contributed by atoms with Gasteiger partial charge in [-0.25, -0.2) is 9.00 Å². The van der Waals surface area contributed by atoms with Gasteiger partial charge in [0.1, 0.15) is 0 Å². The maximum absolute atomic E-state index is 11.8. The summed E-state index contributed by atoms with van der Waals surface area (Å²) >= 11 is -2.39. The van der Waals surface area contributed by atoms with Gasteiger partial charge in [0.25, 0.3) is 11.3 Å². The molecule has 0 aliphatic heterocycles. The predicted octanol–water partition coefficient (Wildman–Crippen LogP) is 1.24. The zero-order valence-corrected chi connectivity index (χ0v) is 13.8. The number of benzene rings is 1. The number of pyridine rings is 1. The minimum absolute atomic E-state index is 0.165. The van der Waals surface area contributed by atoms with E-state index in [9.17, 15) is 23.5 Å². The molecule has 2 aromatic rings. The van der Waals surface area contributed by atoms with Crippen molar-refractivity contribution in [1.29, 1.82) is 0 Å². The summed E-state index contributed by atoms with van der Waals surface area (Å²) in [5.74, 6) is -2.35. The first kappa shape index (κ1) is 17.7. The molecule has 0 radical (unpaired) electrons. The maximum atomic E-state index is 11.8. The molecule has 1 atom stereocenters. The monoisotopic (exact) mass is 352 g/mol. The lowest BCUT2D eigenvalue weighted by Crippen LogP contribution is -2.28. The zero-order chi connectivity index (χ0) is 18.0. The van der Waals surface area contributed by atoms with Crippen molar-refractivity contribution in [3.05, 3.63) is 57.5 Å². The molecule has 1 aromatic carbocycles. The van der Waals surface area contributed by atoms with Crippen LogP contribution in [0.3, 0.4) is 0 Å². The minimum Gasteiger partial charge on any atom is -0.502 e. The van der Waals surface area contributed by atoms with Crippen molar-refractivity contribution in [2.45, 2.75) is 13.5 Å². The van der Waals surface area contributed by atoms with E-state index in [2.05, 4.69) is 0 Å². The van der Waals surface area contributed by atoms with E-state index >= 15 is 0 Å². The number of hydrogen-bond donors (Lipinski definition) is 3. The Balaban J connectivity index is 2.51. The summed E-state index contributed by atoms with van der Waals surface area (Å²) in [7, 11) is 1.35. The van der Waals surface area contributed by atoms with Crippen LogP contribution in [0.5, 0.6) is 5.75 Å². The van der Waals surface area contributed by atoms with E-state index < -0.39 is 34.1 Å². The molecule has 0 spiro atoms. The third-order valence-corrected chi connectivity index (χ3v) is 4.26. The Morgan fingerprint density at radius 3 is 2.38 bits per heavy atom. The highest BCUT2D eigenvalue weighted by Crippen LogP contribution is 2.21. The van der Waals surface area contributed by atoms with E-state index in [4.69, 9.17) is 5.11 Å². The van der Waals surface area contributed by atoms with Crippen LogP contribution in [0.2, 0.25) is 0 Å². The Hall–Kier alpha value is -2.65. The molecule has 0 aliphatic rings. The van der Waals surface area contributed by atoms with Crippen LogP contribution < -0.4 is 9.73 Å². The van der Waals surface area contributed by atoms with Crippen LogP contribution in [0.15, 0.2) is 35.1 Å². The number of carbonyl (C=O) groups is 1. The highest BCUT2D eigenvalue weighted by atomic mass is 32.2. The van der Waals surface area contributed by atoms with Gasteiger partial charge in [-0.15, -0.1) is 0 Å². The van der Waals surface area contributed by atoms with Crippen molar-refractivity contribution in [3.8, 4) is 5.75 Å². The average Bonchev–Trinajstić information content (AvgIpc) is 2.50. The molecule has 0 saturated carbocycles. The third kappa shape index (κ3) is 3.47. The average molecular weight is 352 g/mol. The number of aromatic carboxylic acids is 1. The van der Waals surface area contributed by atoms with Gasteiger partial charge in [0.05, 0.1) is 12.2 Å². The summed E-state index contributed by atoms with van der Waals surface area (Å²) in [6.07, 6.45) is 0. The first-order valence-electron chi connectivity index (χ1n) is 6.82. The highest BCUT2D eigenvalue weighted by molar-refractivity contribution is 7.80. The molecule has 0 amide bonds. The Morgan fingerprint density at radius 2 is 1.88 bits per heavy atom. The van der Waals surface area contributed by atoms with Gasteiger partial charge in [-0.05, 0) is 19.1 Å². The molecule has 1 heterocycles. The van der Waals surface area contributed by atoms with Gasteiger partial charge in [0.2, 0.25) is 5.43 Å². The van der Waals surface area contributed by atoms with E-state index in [0.717, 1.165) is 20.5 Å². The van der Waals surface area contributed by atoms with Gasteiger partial charge in [-0.2, -0.15) is 0 Å². The molecule has 0 aliphatic carbocycles. The lowest BCUT2D eigenvalue weighted by atomic mass is 10.2. The molecule has 8 nitrogen and oxygen atoms in total. The van der Waals surface area contributed by atoms with Crippen LogP contribution in [-0.4, -0.2) is 29.5 Å². The molecule has 1 unspecified atom stereocenters. The number of nitrogens with zero attached hydrogens (tertiary/aromatic N) is 2. The van der Waals surface area contributed by atoms with Gasteiger partial charge in [-0.3, -0.25) is 13.7 Å². The van der Waals surface area contributed by atoms with Crippen LogP contribution in [0.4, 0.5) is 5.69 Å². The fraction of sp³-hybridized carbons (Fsp3) is 0.200. The normalized spacial score (nSPS) is 12.0. The molecule has 0 bridgehead atoms. The summed E-state index contributed by atoms with van der Waals surface area (Å²) in [6, 6.07) is 7.83. The summed E-state index contributed by atoms with van der Waals surface area (Å²) in [4.78, 5) is 23.0. The van der Waals surface area contributed by atoms with E-state index in [-0.39, 0.29) is 12.2 Å². The lowest BCUT2D eigenvalue weighted by Gasteiger charge is -2.22. The van der Waals surface area contributed by atoms with Crippen LogP contribution in [0, 0.1) is 6.92 Å². The Morgan fingerprint density at radius 1 is 1.29 bits per heavy atom. The van der Waals surface area contributed by atoms with Gasteiger partial charge in [0, 0.05) is 18.8 Å². The summed E-state index contributed by atoms with van der Waals surface area (Å²) < 4.78 is 23.4. The van der Waals surface area contributed by atoms with Crippen molar-refractivity contribution in [3.63, 3.8) is 0 Å². The molecule has 128 valence electrons. The smallest absolute Gasteiger partial charge is 0.356 e. The zero-order valence-electron chi connectivity index (χ0n) is 13.0. The van der Waals surface area contributed by atoms with E-state index in [0.29, 0.717) is 5.69 Å². The van der Waals surface area contributed by atoms with Gasteiger partial charge >= 0.3 is 5.97 Å². The SMILES string of the molecule is Cc1ccc(N(Cc2cc(=O)c(O)c(C(=O)O)n2C)S(=O)O)cc1. The predicted molar refractivity (Wildman–Crippen MR) is 88.4 cm³/mol. The van der Waals surface area contributed by atoms with Crippen molar-refractivity contribution in [1.82, 2.24) is 4.57 Å². The molecule has 3 N–H and O–H groups in total. The molecule has 9 heteroatoms. The van der Waals surface area contributed by atoms with Crippen LogP contribution in [0.1, 0.15) is 21.7 Å². The number of aryl methyl sites for hydroxylation is 1. The maximum Gasteiger partial charge on any atom is 0.356 e. The van der Waals surface area contributed by atoms with Gasteiger partial charge < -0.3 is 14.8 Å². The Bertz CT molecular complexity index is 860. The summed E-state index contributed by atoms with van der Waals surface area (Å²) in [5.41, 5.74) is 0.114. The van der Waals surface area contributed by atoms with Crippen molar-refractivity contribution in [2.75, 3.05) is 4.31 Å². The quantitative estimate of drug-likeness (QED) is 0.697.